The van der Waals surface area contributed by atoms with E-state index in [0.29, 0.717) is 13.2 Å². The highest BCUT2D eigenvalue weighted by Gasteiger charge is 2.10. The second-order valence-corrected chi connectivity index (χ2v) is 4.45. The van der Waals surface area contributed by atoms with E-state index in [2.05, 4.69) is 34.2 Å². The van der Waals surface area contributed by atoms with Crippen LogP contribution in [-0.2, 0) is 4.74 Å². The summed E-state index contributed by atoms with van der Waals surface area (Å²) in [6.45, 7) is 3.27. The molecule has 0 bridgehead atoms. The van der Waals surface area contributed by atoms with Crippen LogP contribution in [0.1, 0.15) is 18.5 Å². The molecule has 1 N–H and O–H groups in total. The van der Waals surface area contributed by atoms with E-state index in [0.717, 1.165) is 15.8 Å². The maximum absolute atomic E-state index is 5.69. The van der Waals surface area contributed by atoms with Crippen molar-refractivity contribution in [3.8, 4) is 5.75 Å². The first kappa shape index (κ1) is 13.5. The summed E-state index contributed by atoms with van der Waals surface area (Å²) in [6.07, 6.45) is 0. The van der Waals surface area contributed by atoms with Crippen LogP contribution in [-0.4, -0.2) is 27.4 Å². The Hall–Kier alpha value is -0.580. The summed E-state index contributed by atoms with van der Waals surface area (Å²) in [5, 5.41) is 3.20. The monoisotopic (exact) mass is 287 g/mol. The quantitative estimate of drug-likeness (QED) is 0.816. The lowest BCUT2D eigenvalue weighted by molar-refractivity contribution is 0.145. The molecular formula is C12H18BrNO2. The van der Waals surface area contributed by atoms with Crippen LogP contribution in [0.25, 0.3) is 0 Å². The molecule has 1 unspecified atom stereocenters. The molecule has 0 saturated heterocycles. The van der Waals surface area contributed by atoms with Crippen LogP contribution in [0.3, 0.4) is 0 Å². The molecule has 1 atom stereocenters. The lowest BCUT2D eigenvalue weighted by atomic mass is 10.1. The normalized spacial score (nSPS) is 12.5. The minimum Gasteiger partial charge on any atom is -0.491 e. The third kappa shape index (κ3) is 3.77. The van der Waals surface area contributed by atoms with Gasteiger partial charge in [0.15, 0.2) is 0 Å². The van der Waals surface area contributed by atoms with E-state index in [1.54, 1.807) is 7.11 Å². The first-order valence-corrected chi connectivity index (χ1v) is 6.06. The van der Waals surface area contributed by atoms with Crippen molar-refractivity contribution in [2.24, 2.45) is 0 Å². The lowest BCUT2D eigenvalue weighted by Crippen LogP contribution is -2.14. The van der Waals surface area contributed by atoms with Crippen molar-refractivity contribution in [1.29, 1.82) is 0 Å². The number of benzene rings is 1. The molecule has 0 aliphatic carbocycles. The molecule has 0 aliphatic heterocycles. The van der Waals surface area contributed by atoms with Gasteiger partial charge in [0.05, 0.1) is 6.61 Å². The number of hydrogen-bond donors (Lipinski definition) is 1. The lowest BCUT2D eigenvalue weighted by Gasteiger charge is -2.16. The first-order chi connectivity index (χ1) is 7.69. The van der Waals surface area contributed by atoms with Crippen LogP contribution >= 0.6 is 15.9 Å². The maximum Gasteiger partial charge on any atom is 0.125 e. The molecule has 16 heavy (non-hydrogen) atoms. The van der Waals surface area contributed by atoms with Crippen molar-refractivity contribution < 1.29 is 9.47 Å². The fourth-order valence-electron chi connectivity index (χ4n) is 1.38. The minimum absolute atomic E-state index is 0.269. The van der Waals surface area contributed by atoms with Gasteiger partial charge in [0.25, 0.3) is 0 Å². The molecular weight excluding hydrogens is 270 g/mol. The zero-order valence-electron chi connectivity index (χ0n) is 9.92. The fraction of sp³-hybridized carbons (Fsp3) is 0.500. The van der Waals surface area contributed by atoms with Crippen molar-refractivity contribution in [3.05, 3.63) is 28.2 Å². The van der Waals surface area contributed by atoms with Crippen LogP contribution in [0.5, 0.6) is 5.75 Å². The summed E-state index contributed by atoms with van der Waals surface area (Å²) in [5.41, 5.74) is 1.15. The van der Waals surface area contributed by atoms with Crippen molar-refractivity contribution >= 4 is 15.9 Å². The van der Waals surface area contributed by atoms with Gasteiger partial charge < -0.3 is 14.8 Å². The third-order valence-electron chi connectivity index (χ3n) is 2.42. The zero-order valence-corrected chi connectivity index (χ0v) is 11.5. The Morgan fingerprint density at radius 1 is 1.38 bits per heavy atom. The molecule has 0 radical (unpaired) electrons. The summed E-state index contributed by atoms with van der Waals surface area (Å²) < 4.78 is 11.7. The molecule has 1 rings (SSSR count). The number of hydrogen-bond acceptors (Lipinski definition) is 3. The highest BCUT2D eigenvalue weighted by atomic mass is 79.9. The van der Waals surface area contributed by atoms with Crippen LogP contribution in [0.15, 0.2) is 22.7 Å². The Bertz CT molecular complexity index is 331. The van der Waals surface area contributed by atoms with Crippen molar-refractivity contribution in [2.75, 3.05) is 27.4 Å². The summed E-state index contributed by atoms with van der Waals surface area (Å²) in [6, 6.07) is 6.34. The third-order valence-corrected chi connectivity index (χ3v) is 2.91. The van der Waals surface area contributed by atoms with E-state index >= 15 is 0 Å². The molecule has 0 saturated carbocycles. The fourth-order valence-corrected chi connectivity index (χ4v) is 1.72. The molecule has 0 aliphatic rings. The Labute approximate surface area is 105 Å². The van der Waals surface area contributed by atoms with Gasteiger partial charge in [0.2, 0.25) is 0 Å². The van der Waals surface area contributed by atoms with E-state index in [4.69, 9.17) is 9.47 Å². The molecule has 4 heteroatoms. The van der Waals surface area contributed by atoms with E-state index in [9.17, 15) is 0 Å². The number of methoxy groups -OCH3 is 1. The van der Waals surface area contributed by atoms with Gasteiger partial charge in [-0.25, -0.2) is 0 Å². The molecule has 0 fully saturated rings. The molecule has 1 aromatic carbocycles. The van der Waals surface area contributed by atoms with Gasteiger partial charge in [-0.1, -0.05) is 22.0 Å². The summed E-state index contributed by atoms with van der Waals surface area (Å²) >= 11 is 3.44. The molecule has 0 aromatic heterocycles. The standard InChI is InChI=1S/C12H18BrNO2/c1-9(14-2)11-5-4-10(13)8-12(11)16-7-6-15-3/h4-5,8-9,14H,6-7H2,1-3H3. The summed E-state index contributed by atoms with van der Waals surface area (Å²) in [7, 11) is 3.60. The number of nitrogens with one attached hydrogen (secondary N) is 1. The highest BCUT2D eigenvalue weighted by molar-refractivity contribution is 9.10. The molecule has 0 spiro atoms. The number of ether oxygens (including phenoxy) is 2. The SMILES string of the molecule is CNC(C)c1ccc(Br)cc1OCCOC. The van der Waals surface area contributed by atoms with Crippen molar-refractivity contribution in [2.45, 2.75) is 13.0 Å². The minimum atomic E-state index is 0.269. The smallest absolute Gasteiger partial charge is 0.125 e. The largest absolute Gasteiger partial charge is 0.491 e. The molecule has 90 valence electrons. The Morgan fingerprint density at radius 2 is 2.12 bits per heavy atom. The van der Waals surface area contributed by atoms with Crippen molar-refractivity contribution in [1.82, 2.24) is 5.32 Å². The maximum atomic E-state index is 5.69. The molecule has 0 heterocycles. The van der Waals surface area contributed by atoms with Crippen LogP contribution < -0.4 is 10.1 Å². The van der Waals surface area contributed by atoms with Crippen LogP contribution in [0.2, 0.25) is 0 Å². The Morgan fingerprint density at radius 3 is 2.75 bits per heavy atom. The zero-order chi connectivity index (χ0) is 12.0. The van der Waals surface area contributed by atoms with Gasteiger partial charge >= 0.3 is 0 Å². The molecule has 0 amide bonds. The predicted molar refractivity (Wildman–Crippen MR) is 69.0 cm³/mol. The van der Waals surface area contributed by atoms with Gasteiger partial charge in [-0.2, -0.15) is 0 Å². The predicted octanol–water partition coefficient (Wildman–Crippen LogP) is 2.75. The molecule has 1 aromatic rings. The summed E-state index contributed by atoms with van der Waals surface area (Å²) in [5.74, 6) is 0.897. The van der Waals surface area contributed by atoms with Gasteiger partial charge in [-0.15, -0.1) is 0 Å². The number of rotatable bonds is 6. The van der Waals surface area contributed by atoms with E-state index in [1.165, 1.54) is 0 Å². The second-order valence-electron chi connectivity index (χ2n) is 3.53. The van der Waals surface area contributed by atoms with E-state index in [1.807, 2.05) is 19.2 Å². The van der Waals surface area contributed by atoms with Crippen LogP contribution in [0, 0.1) is 0 Å². The molecule has 3 nitrogen and oxygen atoms in total. The second kappa shape index (κ2) is 6.89. The van der Waals surface area contributed by atoms with E-state index < -0.39 is 0 Å². The summed E-state index contributed by atoms with van der Waals surface area (Å²) in [4.78, 5) is 0. The van der Waals surface area contributed by atoms with Gasteiger partial charge in [-0.3, -0.25) is 0 Å². The van der Waals surface area contributed by atoms with Gasteiger partial charge in [0, 0.05) is 23.2 Å². The average molecular weight is 288 g/mol. The average Bonchev–Trinajstić information content (AvgIpc) is 2.29. The Balaban J connectivity index is 2.81. The number of halogens is 1. The highest BCUT2D eigenvalue weighted by Crippen LogP contribution is 2.28. The van der Waals surface area contributed by atoms with Crippen molar-refractivity contribution in [3.63, 3.8) is 0 Å². The van der Waals surface area contributed by atoms with Gasteiger partial charge in [0.1, 0.15) is 12.4 Å². The first-order valence-electron chi connectivity index (χ1n) is 5.27. The van der Waals surface area contributed by atoms with E-state index in [-0.39, 0.29) is 6.04 Å². The Kier molecular flexibility index (Phi) is 5.80. The van der Waals surface area contributed by atoms with Crippen LogP contribution in [0.4, 0.5) is 0 Å². The topological polar surface area (TPSA) is 30.5 Å². The van der Waals surface area contributed by atoms with Gasteiger partial charge in [-0.05, 0) is 26.1 Å².